The third kappa shape index (κ3) is 5.96. The number of benzene rings is 2. The maximum Gasteiger partial charge on any atom is 0.573 e. The van der Waals surface area contributed by atoms with Crippen molar-refractivity contribution in [1.82, 2.24) is 25.8 Å². The molecule has 3 N–H and O–H groups in total. The van der Waals surface area contributed by atoms with Crippen molar-refractivity contribution in [3.8, 4) is 17.1 Å². The summed E-state index contributed by atoms with van der Waals surface area (Å²) in [5.41, 5.74) is 2.23. The summed E-state index contributed by atoms with van der Waals surface area (Å²) in [5.74, 6) is 0.857. The lowest BCUT2D eigenvalue weighted by Gasteiger charge is -2.15. The van der Waals surface area contributed by atoms with E-state index in [4.69, 9.17) is 0 Å². The minimum atomic E-state index is -4.75. The van der Waals surface area contributed by atoms with Crippen molar-refractivity contribution in [1.29, 1.82) is 0 Å². The third-order valence-electron chi connectivity index (χ3n) is 3.94. The van der Waals surface area contributed by atoms with Gasteiger partial charge in [0.2, 0.25) is 0 Å². The van der Waals surface area contributed by atoms with E-state index in [1.807, 2.05) is 24.3 Å². The van der Waals surface area contributed by atoms with Crippen LogP contribution in [0.4, 0.5) is 13.2 Å². The Morgan fingerprint density at radius 1 is 1.10 bits per heavy atom. The summed E-state index contributed by atoms with van der Waals surface area (Å²) in [4.78, 5) is 8.22. The lowest BCUT2D eigenvalue weighted by atomic mass is 10.1. The summed E-state index contributed by atoms with van der Waals surface area (Å²) in [7, 11) is 1.58. The van der Waals surface area contributed by atoms with Gasteiger partial charge in [-0.2, -0.15) is 5.10 Å². The Kier molecular flexibility index (Phi) is 6.32. The quantitative estimate of drug-likeness (QED) is 0.434. The average molecular weight is 404 g/mol. The second kappa shape index (κ2) is 9.09. The Hall–Kier alpha value is -3.56. The van der Waals surface area contributed by atoms with Gasteiger partial charge in [0.1, 0.15) is 12.1 Å². The highest BCUT2D eigenvalue weighted by Gasteiger charge is 2.31. The van der Waals surface area contributed by atoms with Crippen molar-refractivity contribution in [3.05, 3.63) is 66.0 Å². The van der Waals surface area contributed by atoms with E-state index in [-0.39, 0.29) is 12.3 Å². The molecular formula is C19H19F3N6O. The zero-order valence-corrected chi connectivity index (χ0v) is 15.5. The summed E-state index contributed by atoms with van der Waals surface area (Å²) < 4.78 is 41.7. The number of guanidine groups is 1. The number of ether oxygens (including phenoxy) is 1. The van der Waals surface area contributed by atoms with Crippen LogP contribution in [0.1, 0.15) is 11.1 Å². The number of nitrogens with zero attached hydrogens (tertiary/aromatic N) is 3. The SMILES string of the molecule is CN=C(NCc1cccc(-c2ncn[nH]2)c1)NCc1ccccc1OC(F)(F)F. The molecule has 0 bridgehead atoms. The van der Waals surface area contributed by atoms with Crippen LogP contribution in [0, 0.1) is 0 Å². The number of alkyl halides is 3. The Morgan fingerprint density at radius 3 is 2.62 bits per heavy atom. The molecule has 3 aromatic rings. The minimum absolute atomic E-state index is 0.115. The van der Waals surface area contributed by atoms with E-state index in [9.17, 15) is 13.2 Å². The number of hydrogen-bond donors (Lipinski definition) is 3. The third-order valence-corrected chi connectivity index (χ3v) is 3.94. The first-order valence-corrected chi connectivity index (χ1v) is 8.67. The number of aromatic nitrogens is 3. The van der Waals surface area contributed by atoms with Crippen LogP contribution in [0.15, 0.2) is 59.9 Å². The molecular weight excluding hydrogens is 385 g/mol. The van der Waals surface area contributed by atoms with E-state index in [1.165, 1.54) is 18.5 Å². The molecule has 0 fully saturated rings. The summed E-state index contributed by atoms with van der Waals surface area (Å²) in [6.45, 7) is 0.576. The molecule has 152 valence electrons. The first-order valence-electron chi connectivity index (χ1n) is 8.67. The second-order valence-electron chi connectivity index (χ2n) is 5.97. The number of rotatable bonds is 6. The van der Waals surface area contributed by atoms with Crippen molar-refractivity contribution in [2.75, 3.05) is 7.05 Å². The van der Waals surface area contributed by atoms with Gasteiger partial charge in [-0.25, -0.2) is 4.98 Å². The fraction of sp³-hybridized carbons (Fsp3) is 0.211. The second-order valence-corrected chi connectivity index (χ2v) is 5.97. The Bertz CT molecular complexity index is 957. The Balaban J connectivity index is 1.59. The number of para-hydroxylation sites is 1. The fourth-order valence-corrected chi connectivity index (χ4v) is 2.63. The van der Waals surface area contributed by atoms with Crippen molar-refractivity contribution >= 4 is 5.96 Å². The van der Waals surface area contributed by atoms with Gasteiger partial charge in [-0.05, 0) is 17.7 Å². The Labute approximate surface area is 165 Å². The minimum Gasteiger partial charge on any atom is -0.405 e. The van der Waals surface area contributed by atoms with Crippen molar-refractivity contribution in [2.45, 2.75) is 19.5 Å². The number of halogens is 3. The van der Waals surface area contributed by atoms with Gasteiger partial charge in [-0.3, -0.25) is 10.1 Å². The van der Waals surface area contributed by atoms with E-state index in [1.54, 1.807) is 19.2 Å². The van der Waals surface area contributed by atoms with Crippen LogP contribution in [0.25, 0.3) is 11.4 Å². The summed E-state index contributed by atoms with van der Waals surface area (Å²) >= 11 is 0. The van der Waals surface area contributed by atoms with Crippen molar-refractivity contribution in [2.24, 2.45) is 4.99 Å². The predicted octanol–water partition coefficient (Wildman–Crippen LogP) is 3.24. The van der Waals surface area contributed by atoms with Crippen LogP contribution < -0.4 is 15.4 Å². The molecule has 0 amide bonds. The van der Waals surface area contributed by atoms with Crippen LogP contribution in [0.3, 0.4) is 0 Å². The molecule has 0 unspecified atom stereocenters. The van der Waals surface area contributed by atoms with E-state index < -0.39 is 6.36 Å². The molecule has 3 rings (SSSR count). The molecule has 29 heavy (non-hydrogen) atoms. The van der Waals surface area contributed by atoms with Crippen molar-refractivity contribution in [3.63, 3.8) is 0 Å². The number of nitrogens with one attached hydrogen (secondary N) is 3. The molecule has 1 heterocycles. The molecule has 0 saturated carbocycles. The van der Waals surface area contributed by atoms with Gasteiger partial charge in [0.05, 0.1) is 0 Å². The van der Waals surface area contributed by atoms with E-state index in [2.05, 4.69) is 35.5 Å². The van der Waals surface area contributed by atoms with Crippen LogP contribution in [0.5, 0.6) is 5.75 Å². The Morgan fingerprint density at radius 2 is 1.90 bits per heavy atom. The molecule has 0 radical (unpaired) electrons. The zero-order chi connectivity index (χ0) is 20.7. The zero-order valence-electron chi connectivity index (χ0n) is 15.5. The lowest BCUT2D eigenvalue weighted by molar-refractivity contribution is -0.274. The molecule has 2 aromatic carbocycles. The summed E-state index contributed by atoms with van der Waals surface area (Å²) in [6, 6.07) is 13.7. The van der Waals surface area contributed by atoms with Gasteiger partial charge in [0, 0.05) is 31.3 Å². The predicted molar refractivity (Wildman–Crippen MR) is 102 cm³/mol. The number of hydrogen-bond acceptors (Lipinski definition) is 4. The van der Waals surface area contributed by atoms with Crippen LogP contribution >= 0.6 is 0 Å². The molecule has 0 saturated heterocycles. The standard InChI is InChI=1S/C19H19F3N6O/c1-23-18(25-11-15-6-2-3-8-16(15)29-19(20,21)22)24-10-13-5-4-7-14(9-13)17-26-12-27-28-17/h2-9,12H,10-11H2,1H3,(H2,23,24,25)(H,26,27,28). The highest BCUT2D eigenvalue weighted by atomic mass is 19.4. The molecule has 0 atom stereocenters. The number of H-pyrrole nitrogens is 1. The molecule has 0 spiro atoms. The van der Waals surface area contributed by atoms with E-state index >= 15 is 0 Å². The van der Waals surface area contributed by atoms with Crippen LogP contribution in [0.2, 0.25) is 0 Å². The monoisotopic (exact) mass is 404 g/mol. The normalized spacial score (nSPS) is 11.9. The van der Waals surface area contributed by atoms with Gasteiger partial charge in [-0.1, -0.05) is 36.4 Å². The van der Waals surface area contributed by atoms with E-state index in [0.29, 0.717) is 23.9 Å². The topological polar surface area (TPSA) is 87.2 Å². The largest absolute Gasteiger partial charge is 0.573 e. The highest BCUT2D eigenvalue weighted by Crippen LogP contribution is 2.26. The van der Waals surface area contributed by atoms with Gasteiger partial charge < -0.3 is 15.4 Å². The average Bonchev–Trinajstić information content (AvgIpc) is 3.23. The molecule has 0 aliphatic rings. The van der Waals surface area contributed by atoms with Crippen LogP contribution in [-0.2, 0) is 13.1 Å². The molecule has 10 heteroatoms. The molecule has 7 nitrogen and oxygen atoms in total. The molecule has 0 aliphatic carbocycles. The van der Waals surface area contributed by atoms with Crippen molar-refractivity contribution < 1.29 is 17.9 Å². The molecule has 1 aromatic heterocycles. The maximum absolute atomic E-state index is 12.5. The summed E-state index contributed by atoms with van der Waals surface area (Å²) in [6.07, 6.45) is -3.31. The first kappa shape index (κ1) is 20.2. The van der Waals surface area contributed by atoms with Gasteiger partial charge >= 0.3 is 6.36 Å². The van der Waals surface area contributed by atoms with Gasteiger partial charge in [-0.15, -0.1) is 13.2 Å². The van der Waals surface area contributed by atoms with Gasteiger partial charge in [0.15, 0.2) is 11.8 Å². The number of aliphatic imine (C=N–C) groups is 1. The van der Waals surface area contributed by atoms with Crippen LogP contribution in [-0.4, -0.2) is 34.6 Å². The number of aromatic amines is 1. The first-order chi connectivity index (χ1) is 13.9. The smallest absolute Gasteiger partial charge is 0.405 e. The fourth-order valence-electron chi connectivity index (χ4n) is 2.63. The molecule has 0 aliphatic heterocycles. The van der Waals surface area contributed by atoms with E-state index in [0.717, 1.165) is 11.1 Å². The summed E-state index contributed by atoms with van der Waals surface area (Å²) in [5, 5.41) is 12.8. The lowest BCUT2D eigenvalue weighted by Crippen LogP contribution is -2.36. The maximum atomic E-state index is 12.5. The highest BCUT2D eigenvalue weighted by molar-refractivity contribution is 5.79. The van der Waals surface area contributed by atoms with Gasteiger partial charge in [0.25, 0.3) is 0 Å².